The summed E-state index contributed by atoms with van der Waals surface area (Å²) in [5, 5.41) is 19.8. The monoisotopic (exact) mass is 262 g/mol. The van der Waals surface area contributed by atoms with Crippen LogP contribution in [0.2, 0.25) is 0 Å². The molecule has 0 heterocycles. The summed E-state index contributed by atoms with van der Waals surface area (Å²) in [7, 11) is 0. The van der Waals surface area contributed by atoms with Gasteiger partial charge in [-0.2, -0.15) is 5.26 Å². The normalized spacial score (nSPS) is 13.1. The van der Waals surface area contributed by atoms with Gasteiger partial charge in [-0.15, -0.1) is 0 Å². The van der Waals surface area contributed by atoms with Gasteiger partial charge in [0.1, 0.15) is 0 Å². The first-order valence-electron chi connectivity index (χ1n) is 5.83. The fourth-order valence-electron chi connectivity index (χ4n) is 1.80. The number of esters is 1. The number of hydrogen-bond acceptors (Lipinski definition) is 5. The highest BCUT2D eigenvalue weighted by Gasteiger charge is 2.34. The molecule has 0 aliphatic carbocycles. The van der Waals surface area contributed by atoms with Crippen molar-refractivity contribution >= 4 is 5.97 Å². The van der Waals surface area contributed by atoms with E-state index < -0.39 is 29.3 Å². The Balaban J connectivity index is 3.05. The molecule has 0 saturated heterocycles. The van der Waals surface area contributed by atoms with E-state index in [-0.39, 0.29) is 6.61 Å². The van der Waals surface area contributed by atoms with E-state index in [0.717, 1.165) is 0 Å². The molecule has 0 spiro atoms. The minimum atomic E-state index is -1.17. The molecule has 19 heavy (non-hydrogen) atoms. The average Bonchev–Trinajstić information content (AvgIpc) is 2.39. The van der Waals surface area contributed by atoms with Crippen molar-refractivity contribution in [3.63, 3.8) is 0 Å². The molecule has 0 saturated carbocycles. The van der Waals surface area contributed by atoms with Gasteiger partial charge >= 0.3 is 5.97 Å². The summed E-state index contributed by atoms with van der Waals surface area (Å²) in [6, 6.07) is 10.3. The molecule has 6 heteroatoms. The number of nitro groups is 1. The lowest BCUT2D eigenvalue weighted by atomic mass is 9.87. The Morgan fingerprint density at radius 2 is 2.11 bits per heavy atom. The van der Waals surface area contributed by atoms with E-state index >= 15 is 0 Å². The van der Waals surface area contributed by atoms with Gasteiger partial charge in [-0.3, -0.25) is 14.9 Å². The Morgan fingerprint density at radius 1 is 1.47 bits per heavy atom. The number of hydrogen-bond donors (Lipinski definition) is 0. The molecule has 0 amide bonds. The third kappa shape index (κ3) is 4.07. The van der Waals surface area contributed by atoms with Crippen LogP contribution in [0.3, 0.4) is 0 Å². The highest BCUT2D eigenvalue weighted by atomic mass is 16.6. The zero-order valence-corrected chi connectivity index (χ0v) is 10.5. The summed E-state index contributed by atoms with van der Waals surface area (Å²) in [5.41, 5.74) is 0.582. The predicted octanol–water partition coefficient (Wildman–Crippen LogP) is 1.75. The van der Waals surface area contributed by atoms with Gasteiger partial charge < -0.3 is 4.74 Å². The first kappa shape index (κ1) is 14.6. The lowest BCUT2D eigenvalue weighted by molar-refractivity contribution is -0.484. The van der Waals surface area contributed by atoms with Crippen LogP contribution in [0.5, 0.6) is 0 Å². The Labute approximate surface area is 110 Å². The number of carbonyl (C=O) groups excluding carboxylic acids is 1. The second kappa shape index (κ2) is 7.11. The molecule has 0 fully saturated rings. The Kier molecular flexibility index (Phi) is 5.48. The van der Waals surface area contributed by atoms with E-state index in [4.69, 9.17) is 10.00 Å². The van der Waals surface area contributed by atoms with E-state index in [9.17, 15) is 14.9 Å². The molecule has 1 aromatic rings. The number of nitriles is 1. The van der Waals surface area contributed by atoms with Crippen molar-refractivity contribution in [2.75, 3.05) is 13.2 Å². The molecule has 100 valence electrons. The van der Waals surface area contributed by atoms with Gasteiger partial charge in [-0.1, -0.05) is 30.3 Å². The van der Waals surface area contributed by atoms with Crippen molar-refractivity contribution < 1.29 is 14.5 Å². The summed E-state index contributed by atoms with van der Waals surface area (Å²) in [6.07, 6.45) is 0. The fourth-order valence-corrected chi connectivity index (χ4v) is 1.80. The third-order valence-electron chi connectivity index (χ3n) is 2.66. The van der Waals surface area contributed by atoms with E-state index in [2.05, 4.69) is 0 Å². The zero-order chi connectivity index (χ0) is 14.3. The Bertz CT molecular complexity index is 481. The van der Waals surface area contributed by atoms with E-state index in [0.29, 0.717) is 5.56 Å². The molecule has 0 aromatic heterocycles. The van der Waals surface area contributed by atoms with Gasteiger partial charge in [0.2, 0.25) is 6.54 Å². The van der Waals surface area contributed by atoms with Crippen LogP contribution < -0.4 is 0 Å². The van der Waals surface area contributed by atoms with Gasteiger partial charge in [0.05, 0.1) is 18.6 Å². The van der Waals surface area contributed by atoms with Crippen molar-refractivity contribution in [2.45, 2.75) is 12.8 Å². The van der Waals surface area contributed by atoms with E-state index in [1.54, 1.807) is 37.3 Å². The molecule has 1 aromatic carbocycles. The lowest BCUT2D eigenvalue weighted by Crippen LogP contribution is -2.28. The first-order chi connectivity index (χ1) is 9.10. The molecular formula is C13H14N2O4. The summed E-state index contributed by atoms with van der Waals surface area (Å²) < 4.78 is 4.79. The number of rotatable bonds is 6. The second-order valence-electron chi connectivity index (χ2n) is 3.89. The third-order valence-corrected chi connectivity index (χ3v) is 2.66. The van der Waals surface area contributed by atoms with E-state index in [1.807, 2.05) is 6.07 Å². The molecule has 0 aliphatic heterocycles. The number of benzene rings is 1. The van der Waals surface area contributed by atoms with Crippen LogP contribution in [-0.4, -0.2) is 24.0 Å². The minimum absolute atomic E-state index is 0.136. The van der Waals surface area contributed by atoms with Crippen LogP contribution in [0, 0.1) is 27.4 Å². The lowest BCUT2D eigenvalue weighted by Gasteiger charge is -2.17. The molecule has 2 atom stereocenters. The largest absolute Gasteiger partial charge is 0.465 e. The maximum absolute atomic E-state index is 11.7. The van der Waals surface area contributed by atoms with Crippen LogP contribution in [0.25, 0.3) is 0 Å². The highest BCUT2D eigenvalue weighted by molar-refractivity contribution is 5.76. The summed E-state index contributed by atoms with van der Waals surface area (Å²) in [6.45, 7) is 1.27. The van der Waals surface area contributed by atoms with Crippen molar-refractivity contribution in [3.05, 3.63) is 46.0 Å². The van der Waals surface area contributed by atoms with Gasteiger partial charge in [0.25, 0.3) is 0 Å². The predicted molar refractivity (Wildman–Crippen MR) is 66.8 cm³/mol. The maximum atomic E-state index is 11.7. The molecule has 6 nitrogen and oxygen atoms in total. The van der Waals surface area contributed by atoms with Crippen molar-refractivity contribution in [3.8, 4) is 6.07 Å². The van der Waals surface area contributed by atoms with Crippen molar-refractivity contribution in [1.29, 1.82) is 5.26 Å². The Morgan fingerprint density at radius 3 is 2.58 bits per heavy atom. The van der Waals surface area contributed by atoms with Crippen LogP contribution in [-0.2, 0) is 9.53 Å². The molecule has 0 bridgehead atoms. The van der Waals surface area contributed by atoms with Crippen molar-refractivity contribution in [1.82, 2.24) is 0 Å². The van der Waals surface area contributed by atoms with Crippen LogP contribution in [0.15, 0.2) is 30.3 Å². The summed E-state index contributed by atoms with van der Waals surface area (Å²) in [4.78, 5) is 21.9. The summed E-state index contributed by atoms with van der Waals surface area (Å²) >= 11 is 0. The first-order valence-corrected chi connectivity index (χ1v) is 5.83. The quantitative estimate of drug-likeness (QED) is 0.442. The molecule has 2 unspecified atom stereocenters. The number of ether oxygens (including phenoxy) is 1. The van der Waals surface area contributed by atoms with Gasteiger partial charge in [-0.25, -0.2) is 0 Å². The minimum Gasteiger partial charge on any atom is -0.465 e. The van der Waals surface area contributed by atoms with Gasteiger partial charge in [0, 0.05) is 4.92 Å². The van der Waals surface area contributed by atoms with Crippen LogP contribution >= 0.6 is 0 Å². The topological polar surface area (TPSA) is 93.2 Å². The highest BCUT2D eigenvalue weighted by Crippen LogP contribution is 2.25. The SMILES string of the molecule is CCOC(=O)C(C#N)C(C[N+](=O)[O-])c1ccccc1. The summed E-state index contributed by atoms with van der Waals surface area (Å²) in [5.74, 6) is -2.70. The number of nitrogens with zero attached hydrogens (tertiary/aromatic N) is 2. The molecule has 0 radical (unpaired) electrons. The smallest absolute Gasteiger partial charge is 0.324 e. The number of carbonyl (C=O) groups is 1. The molecule has 0 N–H and O–H groups in total. The molecule has 1 rings (SSSR count). The Hall–Kier alpha value is -2.42. The van der Waals surface area contributed by atoms with Gasteiger partial charge in [0.15, 0.2) is 5.92 Å². The standard InChI is InChI=1S/C13H14N2O4/c1-2-19-13(16)11(8-14)12(9-15(17)18)10-6-4-3-5-7-10/h3-7,11-12H,2,9H2,1H3. The van der Waals surface area contributed by atoms with Crippen LogP contribution in [0.4, 0.5) is 0 Å². The average molecular weight is 262 g/mol. The molecular weight excluding hydrogens is 248 g/mol. The van der Waals surface area contributed by atoms with Crippen molar-refractivity contribution in [2.24, 2.45) is 5.92 Å². The van der Waals surface area contributed by atoms with Crippen LogP contribution in [0.1, 0.15) is 18.4 Å². The van der Waals surface area contributed by atoms with E-state index in [1.165, 1.54) is 0 Å². The second-order valence-corrected chi connectivity index (χ2v) is 3.89. The zero-order valence-electron chi connectivity index (χ0n) is 10.5. The fraction of sp³-hybridized carbons (Fsp3) is 0.385. The maximum Gasteiger partial charge on any atom is 0.324 e. The van der Waals surface area contributed by atoms with Gasteiger partial charge in [-0.05, 0) is 12.5 Å². The molecule has 0 aliphatic rings.